The highest BCUT2D eigenvalue weighted by Crippen LogP contribution is 2.38. The van der Waals surface area contributed by atoms with E-state index in [0.29, 0.717) is 24.3 Å². The number of rotatable bonds is 2. The van der Waals surface area contributed by atoms with Gasteiger partial charge in [0.2, 0.25) is 5.91 Å². The zero-order valence-electron chi connectivity index (χ0n) is 13.0. The van der Waals surface area contributed by atoms with Crippen LogP contribution in [0.25, 0.3) is 0 Å². The number of nitrogens with one attached hydrogen (secondary N) is 1. The van der Waals surface area contributed by atoms with Crippen LogP contribution in [-0.4, -0.2) is 49.7 Å². The van der Waals surface area contributed by atoms with E-state index in [2.05, 4.69) is 12.2 Å². The number of carbonyl (C=O) groups is 1. The van der Waals surface area contributed by atoms with Crippen molar-refractivity contribution in [1.29, 1.82) is 0 Å². The van der Waals surface area contributed by atoms with Gasteiger partial charge in [0.25, 0.3) is 0 Å². The molecule has 1 N–H and O–H groups in total. The summed E-state index contributed by atoms with van der Waals surface area (Å²) in [5, 5.41) is 4.08. The van der Waals surface area contributed by atoms with Crippen molar-refractivity contribution in [2.24, 2.45) is 0 Å². The predicted octanol–water partition coefficient (Wildman–Crippen LogP) is 2.21. The second-order valence-electron chi connectivity index (χ2n) is 6.31. The highest BCUT2D eigenvalue weighted by molar-refractivity contribution is 6.30. The van der Waals surface area contributed by atoms with Gasteiger partial charge in [-0.05, 0) is 37.5 Å². The van der Waals surface area contributed by atoms with Gasteiger partial charge in [-0.1, -0.05) is 23.7 Å². The Morgan fingerprint density at radius 3 is 2.86 bits per heavy atom. The molecule has 1 aromatic rings. The Hall–Kier alpha value is -1.10. The zero-order valence-corrected chi connectivity index (χ0v) is 13.7. The fourth-order valence-electron chi connectivity index (χ4n) is 3.55. The van der Waals surface area contributed by atoms with Gasteiger partial charge < -0.3 is 15.0 Å². The van der Waals surface area contributed by atoms with Crippen LogP contribution >= 0.6 is 11.6 Å². The molecule has 22 heavy (non-hydrogen) atoms. The minimum absolute atomic E-state index is 0.228. The molecule has 2 saturated heterocycles. The Labute approximate surface area is 136 Å². The second kappa shape index (κ2) is 6.57. The molecule has 1 amide bonds. The van der Waals surface area contributed by atoms with Gasteiger partial charge in [0, 0.05) is 43.9 Å². The summed E-state index contributed by atoms with van der Waals surface area (Å²) in [6.45, 7) is 5.76. The van der Waals surface area contributed by atoms with Crippen LogP contribution in [-0.2, 0) is 14.9 Å². The molecule has 0 spiro atoms. The molecule has 5 heteroatoms. The first-order valence-electron chi connectivity index (χ1n) is 7.98. The van der Waals surface area contributed by atoms with E-state index in [4.69, 9.17) is 16.3 Å². The monoisotopic (exact) mass is 322 g/mol. The van der Waals surface area contributed by atoms with Gasteiger partial charge >= 0.3 is 0 Å². The van der Waals surface area contributed by atoms with E-state index >= 15 is 0 Å². The first-order chi connectivity index (χ1) is 10.6. The summed E-state index contributed by atoms with van der Waals surface area (Å²) in [7, 11) is 0. The maximum absolute atomic E-state index is 13.3. The average Bonchev–Trinajstić information content (AvgIpc) is 2.55. The van der Waals surface area contributed by atoms with Crippen LogP contribution in [0.3, 0.4) is 0 Å². The third-order valence-electron chi connectivity index (χ3n) is 4.79. The van der Waals surface area contributed by atoms with Crippen molar-refractivity contribution in [2.75, 3.05) is 32.8 Å². The highest BCUT2D eigenvalue weighted by atomic mass is 35.5. The second-order valence-corrected chi connectivity index (χ2v) is 6.75. The third kappa shape index (κ3) is 3.00. The van der Waals surface area contributed by atoms with Crippen LogP contribution < -0.4 is 5.32 Å². The number of benzene rings is 1. The molecule has 1 aromatic carbocycles. The molecule has 3 rings (SSSR count). The highest BCUT2D eigenvalue weighted by Gasteiger charge is 2.44. The predicted molar refractivity (Wildman–Crippen MR) is 87.2 cm³/mol. The fourth-order valence-corrected chi connectivity index (χ4v) is 3.74. The quantitative estimate of drug-likeness (QED) is 0.907. The first-order valence-corrected chi connectivity index (χ1v) is 8.36. The Morgan fingerprint density at radius 1 is 1.41 bits per heavy atom. The lowest BCUT2D eigenvalue weighted by molar-refractivity contribution is -0.142. The minimum Gasteiger partial charge on any atom is -0.381 e. The Kier molecular flexibility index (Phi) is 4.71. The topological polar surface area (TPSA) is 41.6 Å². The molecule has 120 valence electrons. The van der Waals surface area contributed by atoms with Crippen molar-refractivity contribution in [2.45, 2.75) is 31.2 Å². The summed E-state index contributed by atoms with van der Waals surface area (Å²) in [6.07, 6.45) is 1.45. The smallest absolute Gasteiger partial charge is 0.233 e. The Balaban J connectivity index is 1.93. The molecule has 2 heterocycles. The number of nitrogens with zero attached hydrogens (tertiary/aromatic N) is 1. The van der Waals surface area contributed by atoms with Gasteiger partial charge in [-0.2, -0.15) is 0 Å². The summed E-state index contributed by atoms with van der Waals surface area (Å²) >= 11 is 6.17. The lowest BCUT2D eigenvalue weighted by Crippen LogP contribution is -2.57. The van der Waals surface area contributed by atoms with E-state index in [1.54, 1.807) is 0 Å². The van der Waals surface area contributed by atoms with Gasteiger partial charge in [0.1, 0.15) is 0 Å². The van der Waals surface area contributed by atoms with E-state index in [9.17, 15) is 4.79 Å². The molecule has 2 aliphatic heterocycles. The summed E-state index contributed by atoms with van der Waals surface area (Å²) in [6, 6.07) is 8.10. The van der Waals surface area contributed by atoms with Gasteiger partial charge in [-0.15, -0.1) is 0 Å². The van der Waals surface area contributed by atoms with E-state index in [-0.39, 0.29) is 5.91 Å². The average molecular weight is 323 g/mol. The molecule has 2 aliphatic rings. The normalized spacial score (nSPS) is 25.0. The molecule has 1 unspecified atom stereocenters. The molecular formula is C17H23ClN2O2. The number of hydrogen-bond donors (Lipinski definition) is 1. The molecule has 0 saturated carbocycles. The van der Waals surface area contributed by atoms with Crippen LogP contribution in [0.4, 0.5) is 0 Å². The zero-order chi connectivity index (χ0) is 15.6. The van der Waals surface area contributed by atoms with Crippen LogP contribution in [0.1, 0.15) is 25.3 Å². The van der Waals surface area contributed by atoms with Crippen molar-refractivity contribution in [3.8, 4) is 0 Å². The van der Waals surface area contributed by atoms with Crippen LogP contribution in [0, 0.1) is 0 Å². The van der Waals surface area contributed by atoms with Crippen molar-refractivity contribution in [3.05, 3.63) is 34.9 Å². The molecule has 0 radical (unpaired) electrons. The lowest BCUT2D eigenvalue weighted by atomic mass is 9.73. The molecular weight excluding hydrogens is 300 g/mol. The Morgan fingerprint density at radius 2 is 2.18 bits per heavy atom. The Bertz CT molecular complexity index is 543. The van der Waals surface area contributed by atoms with Gasteiger partial charge in [-0.3, -0.25) is 4.79 Å². The van der Waals surface area contributed by atoms with Crippen LogP contribution in [0.2, 0.25) is 5.02 Å². The summed E-state index contributed by atoms with van der Waals surface area (Å²) in [5.41, 5.74) is 0.541. The largest absolute Gasteiger partial charge is 0.381 e. The van der Waals surface area contributed by atoms with Crippen molar-refractivity contribution in [3.63, 3.8) is 0 Å². The minimum atomic E-state index is -0.486. The number of hydrogen-bond acceptors (Lipinski definition) is 3. The number of carbonyl (C=O) groups excluding carboxylic acids is 1. The van der Waals surface area contributed by atoms with E-state index in [1.807, 2.05) is 29.2 Å². The molecule has 0 aromatic heterocycles. The molecule has 2 fully saturated rings. The molecule has 4 nitrogen and oxygen atoms in total. The number of piperazine rings is 1. The standard InChI is InChI=1S/C17H23ClN2O2/c1-13-12-20(8-7-19-13)16(21)17(5-9-22-10-6-17)14-3-2-4-15(18)11-14/h2-4,11,13,19H,5-10,12H2,1H3. The van der Waals surface area contributed by atoms with Crippen LogP contribution in [0.5, 0.6) is 0 Å². The number of halogens is 1. The maximum Gasteiger partial charge on any atom is 0.233 e. The third-order valence-corrected chi connectivity index (χ3v) is 5.02. The summed E-state index contributed by atoms with van der Waals surface area (Å²) in [4.78, 5) is 15.3. The number of amides is 1. The van der Waals surface area contributed by atoms with E-state index < -0.39 is 5.41 Å². The molecule has 1 atom stereocenters. The SMILES string of the molecule is CC1CN(C(=O)C2(c3cccc(Cl)c3)CCOCC2)CCN1. The van der Waals surface area contributed by atoms with E-state index in [0.717, 1.165) is 38.0 Å². The first kappa shape index (κ1) is 15.8. The van der Waals surface area contributed by atoms with Crippen molar-refractivity contribution >= 4 is 17.5 Å². The molecule has 0 aliphatic carbocycles. The van der Waals surface area contributed by atoms with Gasteiger partial charge in [0.15, 0.2) is 0 Å². The summed E-state index contributed by atoms with van der Waals surface area (Å²) in [5.74, 6) is 0.228. The maximum atomic E-state index is 13.3. The number of ether oxygens (including phenoxy) is 1. The summed E-state index contributed by atoms with van der Waals surface area (Å²) < 4.78 is 5.52. The van der Waals surface area contributed by atoms with E-state index in [1.165, 1.54) is 0 Å². The molecule has 0 bridgehead atoms. The lowest BCUT2D eigenvalue weighted by Gasteiger charge is -2.42. The van der Waals surface area contributed by atoms with Gasteiger partial charge in [0.05, 0.1) is 5.41 Å². The van der Waals surface area contributed by atoms with Crippen molar-refractivity contribution in [1.82, 2.24) is 10.2 Å². The fraction of sp³-hybridized carbons (Fsp3) is 0.588. The van der Waals surface area contributed by atoms with Crippen molar-refractivity contribution < 1.29 is 9.53 Å². The van der Waals surface area contributed by atoms with Gasteiger partial charge in [-0.25, -0.2) is 0 Å². The van der Waals surface area contributed by atoms with Crippen LogP contribution in [0.15, 0.2) is 24.3 Å².